The van der Waals surface area contributed by atoms with E-state index in [-0.39, 0.29) is 24.3 Å². The zero-order chi connectivity index (χ0) is 13.8. The molecule has 1 aliphatic heterocycles. The third-order valence-electron chi connectivity index (χ3n) is 3.87. The van der Waals surface area contributed by atoms with E-state index in [9.17, 15) is 9.90 Å². The van der Waals surface area contributed by atoms with Crippen LogP contribution in [0.4, 0.5) is 0 Å². The van der Waals surface area contributed by atoms with Gasteiger partial charge in [-0.25, -0.2) is 0 Å². The van der Waals surface area contributed by atoms with Gasteiger partial charge in [0.15, 0.2) is 0 Å². The molecule has 1 fully saturated rings. The molecule has 4 heteroatoms. The monoisotopic (exact) mass is 263 g/mol. The lowest BCUT2D eigenvalue weighted by molar-refractivity contribution is 0.0723. The molecule has 2 N–H and O–H groups in total. The fourth-order valence-corrected chi connectivity index (χ4v) is 2.74. The van der Waals surface area contributed by atoms with Crippen molar-refractivity contribution in [2.24, 2.45) is 0 Å². The van der Waals surface area contributed by atoms with Crippen molar-refractivity contribution in [1.82, 2.24) is 4.90 Å². The number of phenolic OH excluding ortho intramolecular Hbond substituents is 1. The molecule has 2 rings (SSSR count). The Kier molecular flexibility index (Phi) is 4.43. The quantitative estimate of drug-likeness (QED) is 0.874. The van der Waals surface area contributed by atoms with Gasteiger partial charge in [0.05, 0.1) is 0 Å². The molecule has 4 nitrogen and oxygen atoms in total. The van der Waals surface area contributed by atoms with Crippen LogP contribution in [-0.4, -0.2) is 40.2 Å². The normalized spacial score (nSPS) is 18.8. The zero-order valence-electron chi connectivity index (χ0n) is 11.3. The maximum Gasteiger partial charge on any atom is 0.254 e. The third kappa shape index (κ3) is 2.89. The first-order chi connectivity index (χ1) is 9.15. The SMILES string of the molecule is Cc1c(O)cccc1C(=O)N1CCCC1CCCO. The van der Waals surface area contributed by atoms with Crippen molar-refractivity contribution in [2.75, 3.05) is 13.2 Å². The molecule has 19 heavy (non-hydrogen) atoms. The first-order valence-electron chi connectivity index (χ1n) is 6.85. The van der Waals surface area contributed by atoms with Gasteiger partial charge in [0, 0.05) is 30.3 Å². The fourth-order valence-electron chi connectivity index (χ4n) is 2.74. The van der Waals surface area contributed by atoms with Crippen LogP contribution in [0.3, 0.4) is 0 Å². The summed E-state index contributed by atoms with van der Waals surface area (Å²) in [5.74, 6) is 0.158. The van der Waals surface area contributed by atoms with Gasteiger partial charge in [0.25, 0.3) is 5.91 Å². The molecule has 1 atom stereocenters. The van der Waals surface area contributed by atoms with E-state index in [1.807, 2.05) is 4.90 Å². The number of hydrogen-bond acceptors (Lipinski definition) is 3. The van der Waals surface area contributed by atoms with Crippen molar-refractivity contribution >= 4 is 5.91 Å². The lowest BCUT2D eigenvalue weighted by Crippen LogP contribution is -2.36. The van der Waals surface area contributed by atoms with E-state index in [1.165, 1.54) is 0 Å². The predicted octanol–water partition coefficient (Wildman–Crippen LogP) is 2.08. The van der Waals surface area contributed by atoms with Gasteiger partial charge in [0.2, 0.25) is 0 Å². The number of likely N-dealkylation sites (tertiary alicyclic amines) is 1. The van der Waals surface area contributed by atoms with Gasteiger partial charge in [-0.1, -0.05) is 6.07 Å². The maximum absolute atomic E-state index is 12.5. The van der Waals surface area contributed by atoms with Crippen LogP contribution in [0.15, 0.2) is 18.2 Å². The Balaban J connectivity index is 2.16. The van der Waals surface area contributed by atoms with Gasteiger partial charge in [-0.05, 0) is 44.7 Å². The van der Waals surface area contributed by atoms with Crippen LogP contribution in [0.1, 0.15) is 41.6 Å². The molecule has 104 valence electrons. The van der Waals surface area contributed by atoms with Crippen LogP contribution in [0, 0.1) is 6.92 Å². The molecule has 1 heterocycles. The number of nitrogens with zero attached hydrogens (tertiary/aromatic N) is 1. The summed E-state index contributed by atoms with van der Waals surface area (Å²) in [5, 5.41) is 18.6. The Labute approximate surface area is 113 Å². The molecule has 0 radical (unpaired) electrons. The second-order valence-electron chi connectivity index (χ2n) is 5.11. The van der Waals surface area contributed by atoms with Crippen LogP contribution in [-0.2, 0) is 0 Å². The van der Waals surface area contributed by atoms with Crippen LogP contribution < -0.4 is 0 Å². The number of phenols is 1. The molecule has 1 unspecified atom stereocenters. The number of benzene rings is 1. The van der Waals surface area contributed by atoms with E-state index in [0.717, 1.165) is 32.2 Å². The number of rotatable bonds is 4. The summed E-state index contributed by atoms with van der Waals surface area (Å²) in [6.07, 6.45) is 3.59. The number of carbonyl (C=O) groups excluding carboxylic acids is 1. The molecule has 0 aliphatic carbocycles. The summed E-state index contributed by atoms with van der Waals surface area (Å²) in [5.41, 5.74) is 1.22. The topological polar surface area (TPSA) is 60.8 Å². The second kappa shape index (κ2) is 6.06. The van der Waals surface area contributed by atoms with Crippen molar-refractivity contribution in [3.8, 4) is 5.75 Å². The number of hydrogen-bond donors (Lipinski definition) is 2. The molecule has 1 aliphatic rings. The minimum Gasteiger partial charge on any atom is -0.508 e. The first kappa shape index (κ1) is 13.9. The number of aromatic hydroxyl groups is 1. The molecule has 1 amide bonds. The Bertz CT molecular complexity index is 459. The standard InChI is InChI=1S/C15H21NO3/c1-11-13(7-2-8-14(11)18)15(19)16-9-3-5-12(16)6-4-10-17/h2,7-8,12,17-18H,3-6,9-10H2,1H3. The smallest absolute Gasteiger partial charge is 0.254 e. The van der Waals surface area contributed by atoms with Crippen LogP contribution in [0.25, 0.3) is 0 Å². The second-order valence-corrected chi connectivity index (χ2v) is 5.11. The molecular formula is C15H21NO3. The summed E-state index contributed by atoms with van der Waals surface area (Å²) < 4.78 is 0. The number of aliphatic hydroxyl groups excluding tert-OH is 1. The summed E-state index contributed by atoms with van der Waals surface area (Å²) in [4.78, 5) is 14.4. The van der Waals surface area contributed by atoms with Gasteiger partial charge >= 0.3 is 0 Å². The van der Waals surface area contributed by atoms with E-state index < -0.39 is 0 Å². The van der Waals surface area contributed by atoms with Gasteiger partial charge < -0.3 is 15.1 Å². The Morgan fingerprint density at radius 3 is 3.00 bits per heavy atom. The van der Waals surface area contributed by atoms with Gasteiger partial charge in [-0.15, -0.1) is 0 Å². The number of amides is 1. The number of carbonyl (C=O) groups is 1. The fraction of sp³-hybridized carbons (Fsp3) is 0.533. The highest BCUT2D eigenvalue weighted by Crippen LogP contribution is 2.26. The van der Waals surface area contributed by atoms with Crippen molar-refractivity contribution in [2.45, 2.75) is 38.6 Å². The summed E-state index contributed by atoms with van der Waals surface area (Å²) in [7, 11) is 0. The first-order valence-corrected chi connectivity index (χ1v) is 6.85. The van der Waals surface area contributed by atoms with E-state index in [0.29, 0.717) is 11.1 Å². The minimum atomic E-state index is -0.00570. The molecule has 0 saturated carbocycles. The van der Waals surface area contributed by atoms with Crippen molar-refractivity contribution in [1.29, 1.82) is 0 Å². The molecular weight excluding hydrogens is 242 g/mol. The molecule has 0 spiro atoms. The Hall–Kier alpha value is -1.55. The van der Waals surface area contributed by atoms with E-state index in [1.54, 1.807) is 25.1 Å². The minimum absolute atomic E-state index is 0.00570. The van der Waals surface area contributed by atoms with E-state index in [4.69, 9.17) is 5.11 Å². The molecule has 1 aromatic carbocycles. The largest absolute Gasteiger partial charge is 0.508 e. The zero-order valence-corrected chi connectivity index (χ0v) is 11.3. The van der Waals surface area contributed by atoms with Crippen LogP contribution >= 0.6 is 0 Å². The van der Waals surface area contributed by atoms with Crippen LogP contribution in [0.2, 0.25) is 0 Å². The average Bonchev–Trinajstić information content (AvgIpc) is 2.87. The average molecular weight is 263 g/mol. The highest BCUT2D eigenvalue weighted by Gasteiger charge is 2.29. The van der Waals surface area contributed by atoms with Crippen molar-refractivity contribution < 1.29 is 15.0 Å². The van der Waals surface area contributed by atoms with E-state index in [2.05, 4.69) is 0 Å². The summed E-state index contributed by atoms with van der Waals surface area (Å²) in [6, 6.07) is 5.29. The van der Waals surface area contributed by atoms with Crippen LogP contribution in [0.5, 0.6) is 5.75 Å². The van der Waals surface area contributed by atoms with Crippen molar-refractivity contribution in [3.63, 3.8) is 0 Å². The van der Waals surface area contributed by atoms with Gasteiger partial charge in [-0.2, -0.15) is 0 Å². The van der Waals surface area contributed by atoms with Crippen molar-refractivity contribution in [3.05, 3.63) is 29.3 Å². The summed E-state index contributed by atoms with van der Waals surface area (Å²) in [6.45, 7) is 2.70. The Morgan fingerprint density at radius 1 is 1.47 bits per heavy atom. The van der Waals surface area contributed by atoms with Gasteiger partial charge in [0.1, 0.15) is 5.75 Å². The third-order valence-corrected chi connectivity index (χ3v) is 3.87. The molecule has 1 saturated heterocycles. The van der Waals surface area contributed by atoms with E-state index >= 15 is 0 Å². The summed E-state index contributed by atoms with van der Waals surface area (Å²) >= 11 is 0. The molecule has 0 aromatic heterocycles. The molecule has 0 bridgehead atoms. The number of aliphatic hydroxyl groups is 1. The molecule has 1 aromatic rings. The highest BCUT2D eigenvalue weighted by molar-refractivity contribution is 5.96. The van der Waals surface area contributed by atoms with Gasteiger partial charge in [-0.3, -0.25) is 4.79 Å². The predicted molar refractivity (Wildman–Crippen MR) is 73.2 cm³/mol. The maximum atomic E-state index is 12.5. The Morgan fingerprint density at radius 2 is 2.26 bits per heavy atom. The lowest BCUT2D eigenvalue weighted by Gasteiger charge is -2.25. The lowest BCUT2D eigenvalue weighted by atomic mass is 10.0. The highest BCUT2D eigenvalue weighted by atomic mass is 16.3.